The molecule has 1 aliphatic rings. The van der Waals surface area contributed by atoms with Crippen LogP contribution in [0.5, 0.6) is 0 Å². The summed E-state index contributed by atoms with van der Waals surface area (Å²) >= 11 is 0. The Balaban J connectivity index is 1.46. The normalized spacial score (nSPS) is 14.3. The van der Waals surface area contributed by atoms with Crippen molar-refractivity contribution in [2.75, 3.05) is 26.7 Å². The van der Waals surface area contributed by atoms with E-state index in [-0.39, 0.29) is 17.7 Å². The Hall–Kier alpha value is -3.41. The first kappa shape index (κ1) is 23.7. The molecule has 0 radical (unpaired) electrons. The number of aryl methyl sites for hydroxylation is 1. The number of nitrogens with zero attached hydrogens (tertiary/aromatic N) is 3. The van der Waals surface area contributed by atoms with Crippen LogP contribution in [0.4, 0.5) is 0 Å². The van der Waals surface area contributed by atoms with E-state index in [0.29, 0.717) is 48.7 Å². The summed E-state index contributed by atoms with van der Waals surface area (Å²) in [5.74, 6) is 1.25. The van der Waals surface area contributed by atoms with Gasteiger partial charge in [-0.15, -0.1) is 0 Å². The van der Waals surface area contributed by atoms with Crippen molar-refractivity contribution in [1.29, 1.82) is 0 Å². The summed E-state index contributed by atoms with van der Waals surface area (Å²) in [5, 5.41) is 0. The van der Waals surface area contributed by atoms with Gasteiger partial charge in [0.05, 0.1) is 11.8 Å². The Morgan fingerprint density at radius 1 is 1.09 bits per heavy atom. The number of benzene rings is 2. The van der Waals surface area contributed by atoms with Crippen LogP contribution in [0.25, 0.3) is 22.8 Å². The first-order valence-electron chi connectivity index (χ1n) is 12.1. The van der Waals surface area contributed by atoms with Crippen LogP contribution in [0, 0.1) is 12.8 Å². The monoisotopic (exact) mass is 459 g/mol. The Kier molecular flexibility index (Phi) is 7.46. The van der Waals surface area contributed by atoms with Crippen molar-refractivity contribution in [2.45, 2.75) is 39.5 Å². The summed E-state index contributed by atoms with van der Waals surface area (Å²) in [7, 11) is 1.88. The molecule has 178 valence electrons. The van der Waals surface area contributed by atoms with Crippen LogP contribution in [0.1, 0.15) is 48.5 Å². The Morgan fingerprint density at radius 3 is 2.50 bits per heavy atom. The molecule has 4 rings (SSSR count). The lowest BCUT2D eigenvalue weighted by atomic mass is 9.94. The van der Waals surface area contributed by atoms with E-state index in [0.717, 1.165) is 24.9 Å². The quantitative estimate of drug-likeness (QED) is 0.473. The zero-order chi connectivity index (χ0) is 24.1. The molecule has 2 heterocycles. The van der Waals surface area contributed by atoms with Gasteiger partial charge in [-0.2, -0.15) is 0 Å². The van der Waals surface area contributed by atoms with Crippen LogP contribution in [-0.2, 0) is 4.79 Å². The smallest absolute Gasteiger partial charge is 0.254 e. The maximum Gasteiger partial charge on any atom is 0.254 e. The van der Waals surface area contributed by atoms with E-state index in [9.17, 15) is 9.59 Å². The first-order valence-corrected chi connectivity index (χ1v) is 12.1. The van der Waals surface area contributed by atoms with Gasteiger partial charge in [0.25, 0.3) is 5.91 Å². The minimum absolute atomic E-state index is 0.00930. The highest BCUT2D eigenvalue weighted by atomic mass is 16.4. The minimum Gasteiger partial charge on any atom is -0.436 e. The minimum atomic E-state index is -0.0454. The second-order valence-electron chi connectivity index (χ2n) is 9.12. The number of amides is 2. The van der Waals surface area contributed by atoms with Crippen LogP contribution in [0.15, 0.2) is 59.1 Å². The third-order valence-corrected chi connectivity index (χ3v) is 6.58. The summed E-state index contributed by atoms with van der Waals surface area (Å²) in [6.45, 7) is 6.11. The fraction of sp³-hybridized carbons (Fsp3) is 0.393. The number of rotatable bonds is 7. The van der Waals surface area contributed by atoms with Crippen molar-refractivity contribution >= 4 is 11.8 Å². The molecule has 0 atom stereocenters. The third kappa shape index (κ3) is 5.22. The van der Waals surface area contributed by atoms with E-state index in [4.69, 9.17) is 4.42 Å². The van der Waals surface area contributed by atoms with E-state index in [1.807, 2.05) is 72.3 Å². The molecule has 0 spiro atoms. The van der Waals surface area contributed by atoms with Gasteiger partial charge >= 0.3 is 0 Å². The molecule has 6 heteroatoms. The Bertz CT molecular complexity index is 1130. The number of carbonyl (C=O) groups is 2. The molecule has 2 amide bonds. The van der Waals surface area contributed by atoms with Crippen molar-refractivity contribution in [3.05, 3.63) is 65.9 Å². The van der Waals surface area contributed by atoms with E-state index < -0.39 is 0 Å². The molecular formula is C28H33N3O3. The number of piperidine rings is 1. The molecule has 1 fully saturated rings. The number of likely N-dealkylation sites (tertiary alicyclic amines) is 1. The summed E-state index contributed by atoms with van der Waals surface area (Å²) in [4.78, 5) is 34.3. The molecule has 1 aromatic heterocycles. The van der Waals surface area contributed by atoms with Crippen LogP contribution in [0.3, 0.4) is 0 Å². The van der Waals surface area contributed by atoms with Gasteiger partial charge in [0.1, 0.15) is 0 Å². The molecule has 0 saturated carbocycles. The molecule has 3 aromatic rings. The number of hydrogen-bond donors (Lipinski definition) is 0. The van der Waals surface area contributed by atoms with Gasteiger partial charge in [0.2, 0.25) is 11.8 Å². The Labute approximate surface area is 201 Å². The number of hydrogen-bond acceptors (Lipinski definition) is 4. The number of oxazole rings is 1. The van der Waals surface area contributed by atoms with E-state index >= 15 is 0 Å². The fourth-order valence-electron chi connectivity index (χ4n) is 4.42. The lowest BCUT2D eigenvalue weighted by Crippen LogP contribution is -2.43. The van der Waals surface area contributed by atoms with Gasteiger partial charge in [-0.1, -0.05) is 55.3 Å². The molecular weight excluding hydrogens is 426 g/mol. The zero-order valence-electron chi connectivity index (χ0n) is 20.3. The predicted molar refractivity (Wildman–Crippen MR) is 133 cm³/mol. The molecule has 2 aromatic carbocycles. The van der Waals surface area contributed by atoms with Crippen LogP contribution < -0.4 is 0 Å². The van der Waals surface area contributed by atoms with Gasteiger partial charge in [-0.25, -0.2) is 4.98 Å². The van der Waals surface area contributed by atoms with E-state index in [1.165, 1.54) is 5.56 Å². The number of unbranched alkanes of at least 4 members (excludes halogenated alkanes) is 1. The standard InChI is InChI=1S/C28H33N3O3/c1-4-5-16-30(3)27(32)22-14-17-31(18-15-22)28(33)24-9-7-6-8-23(24)26-29-19-25(34-26)21-12-10-20(2)11-13-21/h6-13,19,22H,4-5,14-18H2,1-3H3. The molecule has 6 nitrogen and oxygen atoms in total. The second kappa shape index (κ2) is 10.7. The largest absolute Gasteiger partial charge is 0.436 e. The highest BCUT2D eigenvalue weighted by Crippen LogP contribution is 2.30. The maximum absolute atomic E-state index is 13.4. The molecule has 0 aliphatic carbocycles. The second-order valence-corrected chi connectivity index (χ2v) is 9.12. The van der Waals surface area contributed by atoms with Gasteiger partial charge in [-0.05, 0) is 38.3 Å². The molecule has 34 heavy (non-hydrogen) atoms. The highest BCUT2D eigenvalue weighted by molar-refractivity contribution is 6.00. The van der Waals surface area contributed by atoms with E-state index in [1.54, 1.807) is 6.20 Å². The molecule has 1 aliphatic heterocycles. The highest BCUT2D eigenvalue weighted by Gasteiger charge is 2.30. The summed E-state index contributed by atoms with van der Waals surface area (Å²) in [5.41, 5.74) is 3.38. The van der Waals surface area contributed by atoms with Gasteiger partial charge in [0.15, 0.2) is 5.76 Å². The number of aromatic nitrogens is 1. The molecule has 0 bridgehead atoms. The first-order chi connectivity index (χ1) is 16.5. The van der Waals surface area contributed by atoms with Gasteiger partial charge in [-0.3, -0.25) is 9.59 Å². The summed E-state index contributed by atoms with van der Waals surface area (Å²) in [6.07, 6.45) is 5.18. The lowest BCUT2D eigenvalue weighted by Gasteiger charge is -2.33. The van der Waals surface area contributed by atoms with Crippen LogP contribution in [-0.4, -0.2) is 53.3 Å². The molecule has 0 N–H and O–H groups in total. The van der Waals surface area contributed by atoms with Crippen molar-refractivity contribution in [3.63, 3.8) is 0 Å². The van der Waals surface area contributed by atoms with Gasteiger partial charge in [0, 0.05) is 43.7 Å². The summed E-state index contributed by atoms with van der Waals surface area (Å²) < 4.78 is 6.05. The summed E-state index contributed by atoms with van der Waals surface area (Å²) in [6, 6.07) is 15.5. The lowest BCUT2D eigenvalue weighted by molar-refractivity contribution is -0.135. The fourth-order valence-corrected chi connectivity index (χ4v) is 4.42. The van der Waals surface area contributed by atoms with Crippen LogP contribution >= 0.6 is 0 Å². The number of carbonyl (C=O) groups excluding carboxylic acids is 2. The van der Waals surface area contributed by atoms with E-state index in [2.05, 4.69) is 11.9 Å². The average molecular weight is 460 g/mol. The zero-order valence-corrected chi connectivity index (χ0v) is 20.3. The SMILES string of the molecule is CCCCN(C)C(=O)C1CCN(C(=O)c2ccccc2-c2ncc(-c3ccc(C)cc3)o2)CC1. The average Bonchev–Trinajstić information content (AvgIpc) is 3.37. The van der Waals surface area contributed by atoms with Crippen LogP contribution in [0.2, 0.25) is 0 Å². The molecule has 1 saturated heterocycles. The maximum atomic E-state index is 13.4. The Morgan fingerprint density at radius 2 is 1.79 bits per heavy atom. The van der Waals surface area contributed by atoms with Gasteiger partial charge < -0.3 is 14.2 Å². The van der Waals surface area contributed by atoms with Crippen molar-refractivity contribution in [2.24, 2.45) is 5.92 Å². The van der Waals surface area contributed by atoms with Crippen molar-refractivity contribution in [3.8, 4) is 22.8 Å². The van der Waals surface area contributed by atoms with Crippen molar-refractivity contribution < 1.29 is 14.0 Å². The topological polar surface area (TPSA) is 66.7 Å². The molecule has 0 unspecified atom stereocenters. The predicted octanol–water partition coefficient (Wildman–Crippen LogP) is 5.43. The van der Waals surface area contributed by atoms with Crippen molar-refractivity contribution in [1.82, 2.24) is 14.8 Å². The third-order valence-electron chi connectivity index (χ3n) is 6.58.